The van der Waals surface area contributed by atoms with Gasteiger partial charge >= 0.3 is 0 Å². The van der Waals surface area contributed by atoms with Gasteiger partial charge in [0.25, 0.3) is 0 Å². The lowest BCUT2D eigenvalue weighted by molar-refractivity contribution is -0.123. The van der Waals surface area contributed by atoms with E-state index < -0.39 is 5.25 Å². The highest BCUT2D eigenvalue weighted by Gasteiger charge is 2.29. The molecule has 1 aromatic rings. The molecule has 0 aliphatic carbocycles. The average molecular weight is 263 g/mol. The standard InChI is InChI=1S/C12H13N3O2S/c1-7-3-2-4-8(5-7)14-11(17)9-6-10(16)15-12(13)18-9/h2-5,9H,6H2,1H3,(H,14,17)(H2,13,15,16). The maximum atomic E-state index is 12.0. The van der Waals surface area contributed by atoms with Crippen LogP contribution in [0.5, 0.6) is 0 Å². The van der Waals surface area contributed by atoms with Crippen molar-refractivity contribution in [1.29, 1.82) is 5.41 Å². The van der Waals surface area contributed by atoms with Crippen LogP contribution in [0.3, 0.4) is 0 Å². The number of anilines is 1. The minimum atomic E-state index is -0.535. The van der Waals surface area contributed by atoms with E-state index in [1.54, 1.807) is 6.07 Å². The molecule has 2 rings (SSSR count). The van der Waals surface area contributed by atoms with Gasteiger partial charge in [-0.1, -0.05) is 23.9 Å². The van der Waals surface area contributed by atoms with Crippen LogP contribution in [0, 0.1) is 12.3 Å². The maximum absolute atomic E-state index is 12.0. The normalized spacial score (nSPS) is 19.3. The van der Waals surface area contributed by atoms with E-state index in [2.05, 4.69) is 10.6 Å². The number of amides is 2. The van der Waals surface area contributed by atoms with Gasteiger partial charge in [-0.15, -0.1) is 0 Å². The van der Waals surface area contributed by atoms with Gasteiger partial charge in [0, 0.05) is 12.1 Å². The number of hydrogen-bond donors (Lipinski definition) is 3. The number of carbonyl (C=O) groups is 2. The first-order chi connectivity index (χ1) is 8.54. The molecule has 1 fully saturated rings. The van der Waals surface area contributed by atoms with Gasteiger partial charge < -0.3 is 10.6 Å². The number of hydrogen-bond acceptors (Lipinski definition) is 4. The van der Waals surface area contributed by atoms with Crippen LogP contribution in [-0.4, -0.2) is 22.2 Å². The number of rotatable bonds is 2. The molecule has 2 amide bonds. The minimum Gasteiger partial charge on any atom is -0.325 e. The molecular formula is C12H13N3O2S. The SMILES string of the molecule is Cc1cccc(NC(=O)C2CC(=O)NC(=N)S2)c1. The Hall–Kier alpha value is -1.82. The van der Waals surface area contributed by atoms with Crippen molar-refractivity contribution in [3.63, 3.8) is 0 Å². The highest BCUT2D eigenvalue weighted by molar-refractivity contribution is 8.15. The van der Waals surface area contributed by atoms with Gasteiger partial charge in [0.15, 0.2) is 5.17 Å². The molecule has 0 bridgehead atoms. The fourth-order valence-corrected chi connectivity index (χ4v) is 2.51. The van der Waals surface area contributed by atoms with Crippen LogP contribution in [-0.2, 0) is 9.59 Å². The molecule has 1 unspecified atom stereocenters. The molecule has 6 heteroatoms. The molecule has 0 aromatic heterocycles. The fourth-order valence-electron chi connectivity index (χ4n) is 1.65. The van der Waals surface area contributed by atoms with Gasteiger partial charge in [-0.05, 0) is 24.6 Å². The third-order valence-electron chi connectivity index (χ3n) is 2.46. The molecule has 0 spiro atoms. The quantitative estimate of drug-likeness (QED) is 0.756. The van der Waals surface area contributed by atoms with Crippen molar-refractivity contribution in [2.45, 2.75) is 18.6 Å². The van der Waals surface area contributed by atoms with Crippen LogP contribution in [0.2, 0.25) is 0 Å². The zero-order valence-corrected chi connectivity index (χ0v) is 10.6. The van der Waals surface area contributed by atoms with E-state index in [9.17, 15) is 9.59 Å². The van der Waals surface area contributed by atoms with Crippen LogP contribution in [0.4, 0.5) is 5.69 Å². The van der Waals surface area contributed by atoms with Gasteiger partial charge in [-0.2, -0.15) is 0 Å². The largest absolute Gasteiger partial charge is 0.325 e. The molecule has 3 N–H and O–H groups in total. The maximum Gasteiger partial charge on any atom is 0.238 e. The zero-order chi connectivity index (χ0) is 13.1. The lowest BCUT2D eigenvalue weighted by Gasteiger charge is -2.21. The Bertz CT molecular complexity index is 500. The van der Waals surface area contributed by atoms with Crippen molar-refractivity contribution in [3.8, 4) is 0 Å². The fraction of sp³-hybridized carbons (Fsp3) is 0.250. The Kier molecular flexibility index (Phi) is 3.66. The molecule has 1 atom stereocenters. The molecule has 1 aliphatic rings. The van der Waals surface area contributed by atoms with E-state index in [-0.39, 0.29) is 23.4 Å². The third-order valence-corrected chi connectivity index (χ3v) is 3.46. The molecule has 0 radical (unpaired) electrons. The second-order valence-electron chi connectivity index (χ2n) is 4.05. The summed E-state index contributed by atoms with van der Waals surface area (Å²) in [7, 11) is 0. The van der Waals surface area contributed by atoms with E-state index in [1.807, 2.05) is 25.1 Å². The summed E-state index contributed by atoms with van der Waals surface area (Å²) >= 11 is 1.06. The summed E-state index contributed by atoms with van der Waals surface area (Å²) in [4.78, 5) is 23.2. The van der Waals surface area contributed by atoms with Crippen molar-refractivity contribution in [3.05, 3.63) is 29.8 Å². The minimum absolute atomic E-state index is 0.0237. The summed E-state index contributed by atoms with van der Waals surface area (Å²) in [5.41, 5.74) is 1.76. The summed E-state index contributed by atoms with van der Waals surface area (Å²) in [6.45, 7) is 1.94. The van der Waals surface area contributed by atoms with Crippen LogP contribution < -0.4 is 10.6 Å². The number of nitrogens with one attached hydrogen (secondary N) is 3. The molecule has 0 saturated carbocycles. The lowest BCUT2D eigenvalue weighted by atomic mass is 10.2. The molecule has 1 saturated heterocycles. The number of benzene rings is 1. The zero-order valence-electron chi connectivity index (χ0n) is 9.82. The van der Waals surface area contributed by atoms with Gasteiger partial charge in [0.05, 0.1) is 0 Å². The number of amidine groups is 1. The number of aryl methyl sites for hydroxylation is 1. The topological polar surface area (TPSA) is 82.1 Å². The summed E-state index contributed by atoms with van der Waals surface area (Å²) in [6, 6.07) is 7.45. The predicted molar refractivity (Wildman–Crippen MR) is 71.7 cm³/mol. The summed E-state index contributed by atoms with van der Waals surface area (Å²) < 4.78 is 0. The van der Waals surface area contributed by atoms with E-state index in [0.29, 0.717) is 5.69 Å². The van der Waals surface area contributed by atoms with E-state index >= 15 is 0 Å². The number of thioether (sulfide) groups is 1. The van der Waals surface area contributed by atoms with E-state index in [4.69, 9.17) is 5.41 Å². The Labute approximate surface area is 109 Å². The molecule has 5 nitrogen and oxygen atoms in total. The van der Waals surface area contributed by atoms with Crippen molar-refractivity contribution >= 4 is 34.4 Å². The van der Waals surface area contributed by atoms with Crippen molar-refractivity contribution in [2.75, 3.05) is 5.32 Å². The van der Waals surface area contributed by atoms with Gasteiger partial charge in [0.2, 0.25) is 11.8 Å². The Morgan fingerprint density at radius 2 is 2.33 bits per heavy atom. The Morgan fingerprint density at radius 1 is 1.56 bits per heavy atom. The van der Waals surface area contributed by atoms with Crippen LogP contribution in [0.25, 0.3) is 0 Å². The lowest BCUT2D eigenvalue weighted by Crippen LogP contribution is -2.41. The second-order valence-corrected chi connectivity index (χ2v) is 5.26. The van der Waals surface area contributed by atoms with Gasteiger partial charge in [-0.3, -0.25) is 15.0 Å². The van der Waals surface area contributed by atoms with Crippen molar-refractivity contribution in [2.24, 2.45) is 0 Å². The molecule has 18 heavy (non-hydrogen) atoms. The smallest absolute Gasteiger partial charge is 0.238 e. The predicted octanol–water partition coefficient (Wildman–Crippen LogP) is 1.49. The summed E-state index contributed by atoms with van der Waals surface area (Å²) in [6.07, 6.45) is 0.102. The summed E-state index contributed by atoms with van der Waals surface area (Å²) in [5.74, 6) is -0.534. The first-order valence-corrected chi connectivity index (χ1v) is 6.35. The van der Waals surface area contributed by atoms with Crippen molar-refractivity contribution < 1.29 is 9.59 Å². The molecular weight excluding hydrogens is 250 g/mol. The molecule has 1 aromatic carbocycles. The summed E-state index contributed by atoms with van der Waals surface area (Å²) in [5, 5.41) is 12.0. The second kappa shape index (κ2) is 5.22. The van der Waals surface area contributed by atoms with Crippen LogP contribution in [0.1, 0.15) is 12.0 Å². The Balaban J connectivity index is 2.03. The number of carbonyl (C=O) groups excluding carboxylic acids is 2. The average Bonchev–Trinajstić information content (AvgIpc) is 2.27. The molecule has 94 valence electrons. The van der Waals surface area contributed by atoms with Crippen LogP contribution in [0.15, 0.2) is 24.3 Å². The van der Waals surface area contributed by atoms with Gasteiger partial charge in [-0.25, -0.2) is 0 Å². The first-order valence-electron chi connectivity index (χ1n) is 5.47. The molecule has 1 aliphatic heterocycles. The highest BCUT2D eigenvalue weighted by atomic mass is 32.2. The van der Waals surface area contributed by atoms with E-state index in [1.165, 1.54) is 0 Å². The Morgan fingerprint density at radius 3 is 3.00 bits per heavy atom. The highest BCUT2D eigenvalue weighted by Crippen LogP contribution is 2.21. The monoisotopic (exact) mass is 263 g/mol. The van der Waals surface area contributed by atoms with E-state index in [0.717, 1.165) is 17.3 Å². The molecule has 1 heterocycles. The van der Waals surface area contributed by atoms with Gasteiger partial charge in [0.1, 0.15) is 5.25 Å². The third kappa shape index (κ3) is 3.10. The van der Waals surface area contributed by atoms with Crippen molar-refractivity contribution in [1.82, 2.24) is 5.32 Å². The first kappa shape index (κ1) is 12.6. The van der Waals surface area contributed by atoms with Crippen LogP contribution >= 0.6 is 11.8 Å².